The summed E-state index contributed by atoms with van der Waals surface area (Å²) in [6.45, 7) is 4.47. The molecule has 0 saturated carbocycles. The van der Waals surface area contributed by atoms with Gasteiger partial charge in [0.25, 0.3) is 0 Å². The van der Waals surface area contributed by atoms with Crippen molar-refractivity contribution in [3.63, 3.8) is 0 Å². The SMILES string of the molecule is CC1(C)c2ccccc2-n2c1nc1ccc3c4cc[c-]c(-c5ccccn5)c4oc3c12.[Ir].[c-]1ccccc1-c1ccccn1. The molecule has 44 heavy (non-hydrogen) atoms. The molecule has 0 unspecified atom stereocenters. The van der Waals surface area contributed by atoms with Crippen molar-refractivity contribution in [1.29, 1.82) is 0 Å². The van der Waals surface area contributed by atoms with Crippen molar-refractivity contribution >= 4 is 33.0 Å². The molecule has 8 aromatic rings. The summed E-state index contributed by atoms with van der Waals surface area (Å²) >= 11 is 0. The number of pyridine rings is 2. The van der Waals surface area contributed by atoms with Crippen LogP contribution in [-0.4, -0.2) is 19.5 Å². The van der Waals surface area contributed by atoms with Crippen LogP contribution in [0.3, 0.4) is 0 Å². The fourth-order valence-corrected chi connectivity index (χ4v) is 6.10. The molecular formula is C38H26IrN4O-2. The molecule has 215 valence electrons. The Morgan fingerprint density at radius 1 is 0.682 bits per heavy atom. The summed E-state index contributed by atoms with van der Waals surface area (Å²) in [6, 6.07) is 42.8. The van der Waals surface area contributed by atoms with Crippen molar-refractivity contribution in [3.05, 3.63) is 145 Å². The Hall–Kier alpha value is -4.90. The summed E-state index contributed by atoms with van der Waals surface area (Å²) in [5, 5.41) is 2.15. The summed E-state index contributed by atoms with van der Waals surface area (Å²) in [4.78, 5) is 13.8. The van der Waals surface area contributed by atoms with Gasteiger partial charge in [0.2, 0.25) is 0 Å². The fraction of sp³-hybridized carbons (Fsp3) is 0.0789. The molecule has 4 aromatic heterocycles. The molecule has 5 heterocycles. The maximum absolute atomic E-state index is 6.59. The summed E-state index contributed by atoms with van der Waals surface area (Å²) in [5.41, 5.74) is 9.68. The standard InChI is InChI=1S/C27H18N3O.C11H8N.Ir/c1-27(2)19-10-3-4-12-22(19)30-23-21(29-26(27)30)14-13-17-16-8-7-9-18(24(16)31-25(17)23)20-11-5-6-15-28-20;1-2-6-10(7-3-1)11-8-4-5-9-12-11;/h3-8,10-15H,1-2H3;1-6,8-9H;/q2*-1;. The molecule has 6 heteroatoms. The summed E-state index contributed by atoms with van der Waals surface area (Å²) in [5.74, 6) is 1.05. The molecule has 0 aliphatic carbocycles. The van der Waals surface area contributed by atoms with Crippen LogP contribution in [0.5, 0.6) is 0 Å². The Morgan fingerprint density at radius 3 is 2.16 bits per heavy atom. The van der Waals surface area contributed by atoms with E-state index in [-0.39, 0.29) is 25.5 Å². The van der Waals surface area contributed by atoms with Gasteiger partial charge in [0.15, 0.2) is 0 Å². The van der Waals surface area contributed by atoms with E-state index in [1.165, 1.54) is 11.3 Å². The van der Waals surface area contributed by atoms with Crippen LogP contribution in [-0.2, 0) is 25.5 Å². The van der Waals surface area contributed by atoms with E-state index >= 15 is 0 Å². The van der Waals surface area contributed by atoms with Gasteiger partial charge < -0.3 is 14.4 Å². The minimum Gasteiger partial charge on any atom is -0.498 e. The molecule has 0 fully saturated rings. The van der Waals surface area contributed by atoms with Crippen LogP contribution in [0.4, 0.5) is 0 Å². The first-order chi connectivity index (χ1) is 21.1. The molecule has 1 radical (unpaired) electrons. The van der Waals surface area contributed by atoms with E-state index in [4.69, 9.17) is 9.40 Å². The predicted octanol–water partition coefficient (Wildman–Crippen LogP) is 8.97. The van der Waals surface area contributed by atoms with Gasteiger partial charge >= 0.3 is 0 Å². The third-order valence-electron chi connectivity index (χ3n) is 8.16. The van der Waals surface area contributed by atoms with Crippen molar-refractivity contribution in [3.8, 4) is 28.2 Å². The van der Waals surface area contributed by atoms with Gasteiger partial charge in [-0.15, -0.1) is 54.1 Å². The van der Waals surface area contributed by atoms with Crippen molar-refractivity contribution in [2.75, 3.05) is 0 Å². The van der Waals surface area contributed by atoms with Crippen molar-refractivity contribution < 1.29 is 24.5 Å². The minimum atomic E-state index is -0.166. The molecule has 0 N–H and O–H groups in total. The van der Waals surface area contributed by atoms with Crippen LogP contribution >= 0.6 is 0 Å². The summed E-state index contributed by atoms with van der Waals surface area (Å²) in [7, 11) is 0. The molecule has 1 aliphatic rings. The Morgan fingerprint density at radius 2 is 1.41 bits per heavy atom. The third-order valence-corrected chi connectivity index (χ3v) is 8.16. The van der Waals surface area contributed by atoms with Crippen LogP contribution in [0.1, 0.15) is 25.2 Å². The number of para-hydroxylation sites is 1. The molecule has 0 saturated heterocycles. The zero-order valence-corrected chi connectivity index (χ0v) is 26.5. The normalized spacial score (nSPS) is 12.8. The van der Waals surface area contributed by atoms with Gasteiger partial charge in [-0.3, -0.25) is 4.57 Å². The molecule has 4 aromatic carbocycles. The number of aromatic nitrogens is 4. The van der Waals surface area contributed by atoms with Crippen molar-refractivity contribution in [2.24, 2.45) is 0 Å². The maximum atomic E-state index is 6.59. The second kappa shape index (κ2) is 11.0. The van der Waals surface area contributed by atoms with E-state index in [1.54, 1.807) is 12.4 Å². The van der Waals surface area contributed by atoms with E-state index < -0.39 is 0 Å². The van der Waals surface area contributed by atoms with E-state index in [9.17, 15) is 0 Å². The zero-order valence-electron chi connectivity index (χ0n) is 24.1. The first-order valence-corrected chi connectivity index (χ1v) is 14.3. The number of furan rings is 1. The Balaban J connectivity index is 0.000000203. The number of rotatable bonds is 2. The number of nitrogens with zero attached hydrogens (tertiary/aromatic N) is 4. The van der Waals surface area contributed by atoms with E-state index in [1.807, 2.05) is 66.7 Å². The largest absolute Gasteiger partial charge is 0.498 e. The maximum Gasteiger partial charge on any atom is 0.147 e. The first-order valence-electron chi connectivity index (χ1n) is 14.3. The number of benzene rings is 4. The molecule has 0 spiro atoms. The van der Waals surface area contributed by atoms with E-state index in [0.29, 0.717) is 0 Å². The molecule has 9 rings (SSSR count). The van der Waals surface area contributed by atoms with Gasteiger partial charge in [-0.25, -0.2) is 4.98 Å². The average molecular weight is 747 g/mol. The average Bonchev–Trinajstić information content (AvgIpc) is 3.71. The number of fused-ring (bicyclic) bond motifs is 9. The van der Waals surface area contributed by atoms with Crippen LogP contribution < -0.4 is 0 Å². The smallest absolute Gasteiger partial charge is 0.147 e. The molecule has 5 nitrogen and oxygen atoms in total. The topological polar surface area (TPSA) is 56.7 Å². The summed E-state index contributed by atoms with van der Waals surface area (Å²) in [6.07, 6.45) is 3.59. The number of hydrogen-bond donors (Lipinski definition) is 0. The van der Waals surface area contributed by atoms with Gasteiger partial charge in [-0.1, -0.05) is 53.4 Å². The molecule has 0 amide bonds. The third kappa shape index (κ3) is 4.38. The molecular weight excluding hydrogens is 721 g/mol. The van der Waals surface area contributed by atoms with Crippen LogP contribution in [0, 0.1) is 12.1 Å². The van der Waals surface area contributed by atoms with Gasteiger partial charge in [0.05, 0.1) is 22.2 Å². The quantitative estimate of drug-likeness (QED) is 0.166. The second-order valence-corrected chi connectivity index (χ2v) is 11.1. The molecule has 0 bridgehead atoms. The molecule has 0 atom stereocenters. The van der Waals surface area contributed by atoms with Crippen LogP contribution in [0.25, 0.3) is 61.2 Å². The van der Waals surface area contributed by atoms with Crippen LogP contribution in [0.2, 0.25) is 0 Å². The molecule has 1 aliphatic heterocycles. The van der Waals surface area contributed by atoms with Gasteiger partial charge in [0, 0.05) is 37.9 Å². The number of imidazole rings is 1. The van der Waals surface area contributed by atoms with E-state index in [2.05, 4.69) is 83.0 Å². The summed E-state index contributed by atoms with van der Waals surface area (Å²) < 4.78 is 8.86. The Labute approximate surface area is 268 Å². The Kier molecular flexibility index (Phi) is 6.96. The number of hydrogen-bond acceptors (Lipinski definition) is 4. The zero-order chi connectivity index (χ0) is 29.0. The van der Waals surface area contributed by atoms with Crippen molar-refractivity contribution in [1.82, 2.24) is 19.5 Å². The van der Waals surface area contributed by atoms with Crippen molar-refractivity contribution in [2.45, 2.75) is 19.3 Å². The van der Waals surface area contributed by atoms with Gasteiger partial charge in [-0.05, 0) is 61.1 Å². The van der Waals surface area contributed by atoms with Gasteiger partial charge in [0.1, 0.15) is 16.9 Å². The van der Waals surface area contributed by atoms with Crippen LogP contribution in [0.15, 0.2) is 126 Å². The van der Waals surface area contributed by atoms with Gasteiger partial charge in [-0.2, -0.15) is 0 Å². The Bertz CT molecular complexity index is 2220. The first kappa shape index (κ1) is 27.9. The van der Waals surface area contributed by atoms with E-state index in [0.717, 1.165) is 61.3 Å². The minimum absolute atomic E-state index is 0. The monoisotopic (exact) mass is 747 g/mol. The predicted molar refractivity (Wildman–Crippen MR) is 171 cm³/mol. The second-order valence-electron chi connectivity index (χ2n) is 11.1. The fourth-order valence-electron chi connectivity index (χ4n) is 6.10.